The van der Waals surface area contributed by atoms with Gasteiger partial charge in [-0.25, -0.2) is 9.97 Å². The second-order valence-corrected chi connectivity index (χ2v) is 8.64. The summed E-state index contributed by atoms with van der Waals surface area (Å²) in [5, 5.41) is 3.00. The number of carbonyl (C=O) groups excluding carboxylic acids is 1. The maximum absolute atomic E-state index is 11.3. The summed E-state index contributed by atoms with van der Waals surface area (Å²) >= 11 is 0. The minimum atomic E-state index is 0.0561. The van der Waals surface area contributed by atoms with Gasteiger partial charge in [-0.15, -0.1) is 0 Å². The Morgan fingerprint density at radius 1 is 1.24 bits per heavy atom. The number of piperidine rings is 3. The number of anilines is 1. The number of nitrogens with one attached hydrogen (secondary N) is 1. The maximum Gasteiger partial charge on any atom is 0.216 e. The third-order valence-corrected chi connectivity index (χ3v) is 6.38. The van der Waals surface area contributed by atoms with E-state index in [1.165, 1.54) is 12.1 Å². The Labute approximate surface area is 173 Å². The summed E-state index contributed by atoms with van der Waals surface area (Å²) in [6.45, 7) is 6.47. The van der Waals surface area contributed by atoms with Gasteiger partial charge in [0.15, 0.2) is 0 Å². The molecule has 0 spiro atoms. The lowest BCUT2D eigenvalue weighted by atomic mass is 9.74. The summed E-state index contributed by atoms with van der Waals surface area (Å²) in [5.41, 5.74) is 4.48. The number of hydrogen-bond donors (Lipinski definition) is 1. The Hall–Kier alpha value is -2.47. The first kappa shape index (κ1) is 19.8. The molecule has 2 bridgehead atoms. The molecule has 5 rings (SSSR count). The molecule has 3 fully saturated rings. The van der Waals surface area contributed by atoms with Crippen molar-refractivity contribution in [1.82, 2.24) is 20.2 Å². The zero-order valence-electron chi connectivity index (χ0n) is 17.9. The van der Waals surface area contributed by atoms with Gasteiger partial charge in [-0.2, -0.15) is 0 Å². The SMILES string of the molecule is CC(=O)NC[C@H]1C[C@@H]2CCN1C[C@@H]2c1cc(-c2ccc(N(C)C)cc2)nc(C)n1. The summed E-state index contributed by atoms with van der Waals surface area (Å²) in [5.74, 6) is 1.96. The zero-order valence-corrected chi connectivity index (χ0v) is 17.9. The van der Waals surface area contributed by atoms with E-state index in [9.17, 15) is 4.79 Å². The predicted octanol–water partition coefficient (Wildman–Crippen LogP) is 2.83. The fourth-order valence-electron chi connectivity index (χ4n) is 4.81. The van der Waals surface area contributed by atoms with Crippen molar-refractivity contribution in [3.05, 3.63) is 41.9 Å². The van der Waals surface area contributed by atoms with Crippen LogP contribution in [0.5, 0.6) is 0 Å². The van der Waals surface area contributed by atoms with E-state index in [1.54, 1.807) is 6.92 Å². The van der Waals surface area contributed by atoms with Crippen molar-refractivity contribution < 1.29 is 4.79 Å². The van der Waals surface area contributed by atoms with Gasteiger partial charge >= 0.3 is 0 Å². The number of rotatable bonds is 5. The fraction of sp³-hybridized carbons (Fsp3) is 0.522. The largest absolute Gasteiger partial charge is 0.378 e. The van der Waals surface area contributed by atoms with Gasteiger partial charge in [-0.1, -0.05) is 12.1 Å². The molecule has 1 aromatic heterocycles. The third kappa shape index (κ3) is 4.27. The zero-order chi connectivity index (χ0) is 20.5. The summed E-state index contributed by atoms with van der Waals surface area (Å²) in [4.78, 5) is 25.5. The van der Waals surface area contributed by atoms with Gasteiger partial charge in [0.1, 0.15) is 5.82 Å². The predicted molar refractivity (Wildman–Crippen MR) is 116 cm³/mol. The molecule has 0 radical (unpaired) electrons. The topological polar surface area (TPSA) is 61.4 Å². The Kier molecular flexibility index (Phi) is 5.54. The van der Waals surface area contributed by atoms with Crippen LogP contribution in [0.15, 0.2) is 30.3 Å². The van der Waals surface area contributed by atoms with Crippen LogP contribution in [-0.2, 0) is 4.79 Å². The van der Waals surface area contributed by atoms with Crippen molar-refractivity contribution in [2.45, 2.75) is 38.6 Å². The Bertz CT molecular complexity index is 879. The highest BCUT2D eigenvalue weighted by Gasteiger charge is 2.41. The van der Waals surface area contributed by atoms with Crippen LogP contribution in [0.25, 0.3) is 11.3 Å². The van der Waals surface area contributed by atoms with E-state index in [1.807, 2.05) is 6.92 Å². The van der Waals surface area contributed by atoms with Crippen molar-refractivity contribution in [3.63, 3.8) is 0 Å². The van der Waals surface area contributed by atoms with Crippen molar-refractivity contribution in [2.24, 2.45) is 5.92 Å². The minimum Gasteiger partial charge on any atom is -0.378 e. The van der Waals surface area contributed by atoms with Crippen LogP contribution >= 0.6 is 0 Å². The number of benzene rings is 1. The summed E-state index contributed by atoms with van der Waals surface area (Å²) in [6, 6.07) is 11.2. The van der Waals surface area contributed by atoms with Crippen LogP contribution in [0.3, 0.4) is 0 Å². The second kappa shape index (κ2) is 8.11. The molecule has 1 aromatic carbocycles. The fourth-order valence-corrected chi connectivity index (χ4v) is 4.81. The van der Waals surface area contributed by atoms with Gasteiger partial charge in [0.25, 0.3) is 0 Å². The quantitative estimate of drug-likeness (QED) is 0.846. The molecular weight excluding hydrogens is 362 g/mol. The number of carbonyl (C=O) groups is 1. The second-order valence-electron chi connectivity index (χ2n) is 8.64. The van der Waals surface area contributed by atoms with E-state index in [2.05, 4.69) is 59.5 Å². The molecule has 154 valence electrons. The molecule has 0 aliphatic carbocycles. The minimum absolute atomic E-state index is 0.0561. The Balaban J connectivity index is 1.55. The van der Waals surface area contributed by atoms with Gasteiger partial charge < -0.3 is 10.2 Å². The molecule has 2 aromatic rings. The highest BCUT2D eigenvalue weighted by molar-refractivity contribution is 5.72. The molecule has 3 aliphatic rings. The number of fused-ring (bicyclic) bond motifs is 3. The monoisotopic (exact) mass is 393 g/mol. The number of aryl methyl sites for hydroxylation is 1. The Morgan fingerprint density at radius 3 is 2.62 bits per heavy atom. The van der Waals surface area contributed by atoms with Crippen LogP contribution in [0.4, 0.5) is 5.69 Å². The summed E-state index contributed by atoms with van der Waals surface area (Å²) in [6.07, 6.45) is 2.33. The first-order chi connectivity index (χ1) is 13.9. The van der Waals surface area contributed by atoms with Crippen LogP contribution in [0, 0.1) is 12.8 Å². The van der Waals surface area contributed by atoms with E-state index < -0.39 is 0 Å². The first-order valence-corrected chi connectivity index (χ1v) is 10.5. The van der Waals surface area contributed by atoms with E-state index >= 15 is 0 Å². The lowest BCUT2D eigenvalue weighted by molar-refractivity contribution is -0.119. The van der Waals surface area contributed by atoms with Crippen LogP contribution in [-0.4, -0.2) is 60.5 Å². The van der Waals surface area contributed by atoms with Crippen molar-refractivity contribution >= 4 is 11.6 Å². The average Bonchev–Trinajstić information content (AvgIpc) is 2.72. The lowest BCUT2D eigenvalue weighted by Crippen LogP contribution is -2.56. The number of hydrogen-bond acceptors (Lipinski definition) is 5. The van der Waals surface area contributed by atoms with E-state index in [0.29, 0.717) is 17.9 Å². The summed E-state index contributed by atoms with van der Waals surface area (Å²) in [7, 11) is 4.10. The highest BCUT2D eigenvalue weighted by Crippen LogP contribution is 2.41. The van der Waals surface area contributed by atoms with Crippen LogP contribution in [0.1, 0.15) is 37.2 Å². The number of aromatic nitrogens is 2. The van der Waals surface area contributed by atoms with Crippen LogP contribution < -0.4 is 10.2 Å². The van der Waals surface area contributed by atoms with Gasteiger partial charge in [0.2, 0.25) is 5.91 Å². The van der Waals surface area contributed by atoms with Gasteiger partial charge in [-0.3, -0.25) is 9.69 Å². The highest BCUT2D eigenvalue weighted by atomic mass is 16.1. The van der Waals surface area contributed by atoms with E-state index in [4.69, 9.17) is 9.97 Å². The van der Waals surface area contributed by atoms with E-state index in [0.717, 1.165) is 48.8 Å². The molecule has 3 aliphatic heterocycles. The molecule has 0 saturated carbocycles. The molecule has 1 amide bonds. The van der Waals surface area contributed by atoms with Gasteiger partial charge in [0, 0.05) is 63.0 Å². The summed E-state index contributed by atoms with van der Waals surface area (Å²) < 4.78 is 0. The molecule has 29 heavy (non-hydrogen) atoms. The van der Waals surface area contributed by atoms with Crippen molar-refractivity contribution in [3.8, 4) is 11.3 Å². The molecule has 4 heterocycles. The smallest absolute Gasteiger partial charge is 0.216 e. The standard InChI is InChI=1S/C23H31N5O/c1-15-25-22(17-5-7-19(8-6-17)27(3)4)12-23(26-15)21-14-28-10-9-18(21)11-20(28)13-24-16(2)29/h5-8,12,18,20-21H,9-11,13-14H2,1-4H3,(H,24,29)/t18-,20+,21-/m0/s1. The normalized spacial score (nSPS) is 25.7. The Morgan fingerprint density at radius 2 is 2.00 bits per heavy atom. The van der Waals surface area contributed by atoms with E-state index in [-0.39, 0.29) is 5.91 Å². The lowest BCUT2D eigenvalue weighted by Gasteiger charge is -2.49. The van der Waals surface area contributed by atoms with Crippen LogP contribution in [0.2, 0.25) is 0 Å². The molecular formula is C23H31N5O. The van der Waals surface area contributed by atoms with Gasteiger partial charge in [0.05, 0.1) is 5.69 Å². The van der Waals surface area contributed by atoms with Crippen molar-refractivity contribution in [1.29, 1.82) is 0 Å². The molecule has 1 N–H and O–H groups in total. The first-order valence-electron chi connectivity index (χ1n) is 10.5. The molecule has 4 atom stereocenters. The maximum atomic E-state index is 11.3. The number of amides is 1. The molecule has 3 saturated heterocycles. The van der Waals surface area contributed by atoms with Crippen molar-refractivity contribution in [2.75, 3.05) is 38.6 Å². The molecule has 6 heteroatoms. The number of nitrogens with zero attached hydrogens (tertiary/aromatic N) is 4. The molecule has 6 nitrogen and oxygen atoms in total. The van der Waals surface area contributed by atoms with Gasteiger partial charge in [-0.05, 0) is 50.4 Å². The third-order valence-electron chi connectivity index (χ3n) is 6.38. The molecule has 1 unspecified atom stereocenters. The average molecular weight is 394 g/mol.